The molecule has 1 saturated carbocycles. The zero-order chi connectivity index (χ0) is 15.4. The summed E-state index contributed by atoms with van der Waals surface area (Å²) in [6, 6.07) is 7.89. The summed E-state index contributed by atoms with van der Waals surface area (Å²) < 4.78 is 5.12. The second-order valence-corrected chi connectivity index (χ2v) is 5.54. The zero-order valence-corrected chi connectivity index (χ0v) is 12.3. The second kappa shape index (κ2) is 6.61. The van der Waals surface area contributed by atoms with Gasteiger partial charge in [0.05, 0.1) is 18.9 Å². The molecule has 5 nitrogen and oxygen atoms in total. The van der Waals surface area contributed by atoms with E-state index in [0.29, 0.717) is 18.9 Å². The molecular weight excluding hydrogens is 270 g/mol. The molecule has 2 rings (SSSR count). The monoisotopic (exact) mass is 291 g/mol. The lowest BCUT2D eigenvalue weighted by atomic mass is 9.98. The van der Waals surface area contributed by atoms with Gasteiger partial charge in [-0.1, -0.05) is 19.1 Å². The number of aliphatic carboxylic acids is 1. The van der Waals surface area contributed by atoms with Gasteiger partial charge in [0.1, 0.15) is 5.75 Å². The predicted molar refractivity (Wildman–Crippen MR) is 78.3 cm³/mol. The van der Waals surface area contributed by atoms with Gasteiger partial charge in [0.15, 0.2) is 0 Å². The maximum atomic E-state index is 11.7. The maximum absolute atomic E-state index is 11.7. The van der Waals surface area contributed by atoms with Crippen LogP contribution in [0.2, 0.25) is 0 Å². The summed E-state index contributed by atoms with van der Waals surface area (Å²) in [5.41, 5.74) is 1.19. The largest absolute Gasteiger partial charge is 0.497 e. The van der Waals surface area contributed by atoms with Crippen molar-refractivity contribution in [2.45, 2.75) is 25.7 Å². The molecule has 0 bridgehead atoms. The van der Waals surface area contributed by atoms with Gasteiger partial charge in [-0.2, -0.15) is 0 Å². The third kappa shape index (κ3) is 3.97. The molecule has 0 aromatic heterocycles. The first-order chi connectivity index (χ1) is 10.0. The number of carbonyl (C=O) groups excluding carboxylic acids is 1. The van der Waals surface area contributed by atoms with Crippen LogP contribution < -0.4 is 10.1 Å². The van der Waals surface area contributed by atoms with Crippen molar-refractivity contribution >= 4 is 11.9 Å². The van der Waals surface area contributed by atoms with Crippen LogP contribution in [0.3, 0.4) is 0 Å². The van der Waals surface area contributed by atoms with Crippen LogP contribution in [0.1, 0.15) is 31.2 Å². The number of carboxylic acids is 1. The summed E-state index contributed by atoms with van der Waals surface area (Å²) in [6.07, 6.45) is 1.29. The van der Waals surface area contributed by atoms with E-state index in [1.54, 1.807) is 7.11 Å². The minimum Gasteiger partial charge on any atom is -0.497 e. The van der Waals surface area contributed by atoms with Crippen molar-refractivity contribution in [1.29, 1.82) is 0 Å². The van der Waals surface area contributed by atoms with Gasteiger partial charge in [0.25, 0.3) is 0 Å². The lowest BCUT2D eigenvalue weighted by Crippen LogP contribution is -2.28. The molecule has 0 heterocycles. The summed E-state index contributed by atoms with van der Waals surface area (Å²) in [5.74, 6) is -0.674. The molecule has 2 N–H and O–H groups in total. The fourth-order valence-corrected chi connectivity index (χ4v) is 2.40. The third-order valence-electron chi connectivity index (χ3n) is 4.01. The molecule has 1 fully saturated rings. The molecule has 1 aliphatic carbocycles. The van der Waals surface area contributed by atoms with Gasteiger partial charge in [-0.3, -0.25) is 9.59 Å². The van der Waals surface area contributed by atoms with Crippen LogP contribution in [0.25, 0.3) is 0 Å². The summed E-state index contributed by atoms with van der Waals surface area (Å²) >= 11 is 0. The molecule has 1 aliphatic rings. The molecule has 0 radical (unpaired) electrons. The Morgan fingerprint density at radius 3 is 2.52 bits per heavy atom. The van der Waals surface area contributed by atoms with Crippen molar-refractivity contribution in [3.63, 3.8) is 0 Å². The molecule has 0 saturated heterocycles. The molecule has 5 heteroatoms. The van der Waals surface area contributed by atoms with E-state index >= 15 is 0 Å². The smallest absolute Gasteiger partial charge is 0.307 e. The Hall–Kier alpha value is -2.04. The van der Waals surface area contributed by atoms with Gasteiger partial charge < -0.3 is 15.2 Å². The van der Waals surface area contributed by atoms with Crippen molar-refractivity contribution in [2.75, 3.05) is 13.7 Å². The maximum Gasteiger partial charge on any atom is 0.307 e. The third-order valence-corrected chi connectivity index (χ3v) is 4.01. The Morgan fingerprint density at radius 2 is 2.00 bits per heavy atom. The number of carboxylic acid groups (broad SMARTS) is 1. The zero-order valence-electron chi connectivity index (χ0n) is 12.3. The van der Waals surface area contributed by atoms with Crippen LogP contribution in [-0.4, -0.2) is 30.6 Å². The highest BCUT2D eigenvalue weighted by Crippen LogP contribution is 2.38. The van der Waals surface area contributed by atoms with Crippen LogP contribution in [0.5, 0.6) is 5.75 Å². The predicted octanol–water partition coefficient (Wildman–Crippen LogP) is 2.03. The van der Waals surface area contributed by atoms with Gasteiger partial charge in [-0.05, 0) is 36.5 Å². The first kappa shape index (κ1) is 15.4. The standard InChI is InChI=1S/C16H21NO4/c1-10(11-3-5-12(21-2)6-4-11)7-8-17-15(18)13-9-14(13)16(19)20/h3-6,10,13-14H,7-9H2,1-2H3,(H,17,18)(H,19,20)/t10-,13-,14-/m1/s1. The number of carbonyl (C=O) groups is 2. The Kier molecular flexibility index (Phi) is 4.83. The highest BCUT2D eigenvalue weighted by Gasteiger charge is 2.48. The number of nitrogens with one attached hydrogen (secondary N) is 1. The van der Waals surface area contributed by atoms with E-state index in [2.05, 4.69) is 12.2 Å². The molecule has 0 aliphatic heterocycles. The second-order valence-electron chi connectivity index (χ2n) is 5.54. The number of ether oxygens (including phenoxy) is 1. The summed E-state index contributed by atoms with van der Waals surface area (Å²) in [5, 5.41) is 11.6. The Balaban J connectivity index is 1.73. The van der Waals surface area contributed by atoms with Crippen LogP contribution in [0, 0.1) is 11.8 Å². The fourth-order valence-electron chi connectivity index (χ4n) is 2.40. The molecule has 0 spiro atoms. The van der Waals surface area contributed by atoms with Crippen LogP contribution in [0.4, 0.5) is 0 Å². The van der Waals surface area contributed by atoms with Crippen LogP contribution in [-0.2, 0) is 9.59 Å². The molecule has 1 aromatic rings. The van der Waals surface area contributed by atoms with Gasteiger partial charge in [0, 0.05) is 6.54 Å². The number of hydrogen-bond acceptors (Lipinski definition) is 3. The quantitative estimate of drug-likeness (QED) is 0.806. The van der Waals surface area contributed by atoms with Crippen molar-refractivity contribution in [1.82, 2.24) is 5.32 Å². The Labute approximate surface area is 124 Å². The molecule has 21 heavy (non-hydrogen) atoms. The van der Waals surface area contributed by atoms with Crippen molar-refractivity contribution in [3.8, 4) is 5.75 Å². The van der Waals surface area contributed by atoms with Gasteiger partial charge in [0.2, 0.25) is 5.91 Å². The van der Waals surface area contributed by atoms with Crippen LogP contribution in [0.15, 0.2) is 24.3 Å². The number of methoxy groups -OCH3 is 1. The van der Waals surface area contributed by atoms with E-state index in [4.69, 9.17) is 9.84 Å². The van der Waals surface area contributed by atoms with E-state index in [1.807, 2.05) is 24.3 Å². The average Bonchev–Trinajstić information content (AvgIpc) is 3.28. The highest BCUT2D eigenvalue weighted by atomic mass is 16.5. The van der Waals surface area contributed by atoms with Crippen molar-refractivity contribution in [3.05, 3.63) is 29.8 Å². The summed E-state index contributed by atoms with van der Waals surface area (Å²) in [7, 11) is 1.64. The molecule has 1 amide bonds. The molecular formula is C16H21NO4. The van der Waals surface area contributed by atoms with E-state index in [0.717, 1.165) is 12.2 Å². The van der Waals surface area contributed by atoms with Gasteiger partial charge in [-0.15, -0.1) is 0 Å². The molecule has 0 unspecified atom stereocenters. The molecule has 1 aromatic carbocycles. The van der Waals surface area contributed by atoms with E-state index in [9.17, 15) is 9.59 Å². The lowest BCUT2D eigenvalue weighted by Gasteiger charge is -2.13. The Morgan fingerprint density at radius 1 is 1.33 bits per heavy atom. The van der Waals surface area contributed by atoms with Gasteiger partial charge >= 0.3 is 5.97 Å². The SMILES string of the molecule is COc1ccc([C@H](C)CCNC(=O)[C@@H]2C[C@H]2C(=O)O)cc1. The average molecular weight is 291 g/mol. The number of benzene rings is 1. The van der Waals surface area contributed by atoms with Crippen molar-refractivity contribution in [2.24, 2.45) is 11.8 Å². The van der Waals surface area contributed by atoms with E-state index in [1.165, 1.54) is 5.56 Å². The van der Waals surface area contributed by atoms with Crippen molar-refractivity contribution < 1.29 is 19.4 Å². The van der Waals surface area contributed by atoms with E-state index < -0.39 is 11.9 Å². The summed E-state index contributed by atoms with van der Waals surface area (Å²) in [4.78, 5) is 22.4. The number of hydrogen-bond donors (Lipinski definition) is 2. The topological polar surface area (TPSA) is 75.6 Å². The lowest BCUT2D eigenvalue weighted by molar-refractivity contribution is -0.140. The number of rotatable bonds is 7. The Bertz CT molecular complexity index is 512. The normalized spacial score (nSPS) is 21.4. The first-order valence-corrected chi connectivity index (χ1v) is 7.17. The molecule has 114 valence electrons. The molecule has 3 atom stereocenters. The van der Waals surface area contributed by atoms with Crippen LogP contribution >= 0.6 is 0 Å². The highest BCUT2D eigenvalue weighted by molar-refractivity contribution is 5.89. The minimum atomic E-state index is -0.873. The summed E-state index contributed by atoms with van der Waals surface area (Å²) in [6.45, 7) is 2.67. The number of amides is 1. The van der Waals surface area contributed by atoms with E-state index in [-0.39, 0.29) is 11.8 Å². The first-order valence-electron chi connectivity index (χ1n) is 7.17. The minimum absolute atomic E-state index is 0.135. The van der Waals surface area contributed by atoms with Gasteiger partial charge in [-0.25, -0.2) is 0 Å². The fraction of sp³-hybridized carbons (Fsp3) is 0.500.